The summed E-state index contributed by atoms with van der Waals surface area (Å²) < 4.78 is 41.5. The van der Waals surface area contributed by atoms with Crippen LogP contribution in [0.3, 0.4) is 0 Å². The molecule has 0 bridgehead atoms. The van der Waals surface area contributed by atoms with Crippen LogP contribution in [0, 0.1) is 6.92 Å². The number of amides is 1. The maximum absolute atomic E-state index is 13.1. The minimum absolute atomic E-state index is 0.0235. The first kappa shape index (κ1) is 21.7. The third-order valence-corrected chi connectivity index (χ3v) is 7.76. The van der Waals surface area contributed by atoms with E-state index in [1.54, 1.807) is 23.1 Å². The molecule has 1 aromatic heterocycles. The Morgan fingerprint density at radius 3 is 2.55 bits per heavy atom. The van der Waals surface area contributed by atoms with Gasteiger partial charge in [-0.05, 0) is 37.6 Å². The van der Waals surface area contributed by atoms with E-state index in [9.17, 15) is 13.2 Å². The van der Waals surface area contributed by atoms with Gasteiger partial charge in [0.15, 0.2) is 0 Å². The molecule has 4 rings (SSSR count). The van der Waals surface area contributed by atoms with Crippen LogP contribution in [0.25, 0.3) is 11.0 Å². The molecule has 3 aromatic rings. The summed E-state index contributed by atoms with van der Waals surface area (Å²) in [5.41, 5.74) is 2.15. The molecular weight excluding hydrogens is 436 g/mol. The molecule has 1 amide bonds. The van der Waals surface area contributed by atoms with Crippen LogP contribution in [0.4, 0.5) is 0 Å². The summed E-state index contributed by atoms with van der Waals surface area (Å²) in [6.45, 7) is 3.77. The molecule has 0 N–H and O–H groups in total. The van der Waals surface area contributed by atoms with E-state index in [1.807, 2.05) is 31.2 Å². The Kier molecular flexibility index (Phi) is 6.49. The first-order valence-electron chi connectivity index (χ1n) is 10.1. The zero-order valence-corrected chi connectivity index (χ0v) is 18.9. The second-order valence-electron chi connectivity index (χ2n) is 7.44. The van der Waals surface area contributed by atoms with E-state index in [1.165, 1.54) is 9.87 Å². The van der Waals surface area contributed by atoms with Crippen LogP contribution in [0.15, 0.2) is 47.4 Å². The summed E-state index contributed by atoms with van der Waals surface area (Å²) in [7, 11) is -3.68. The molecule has 164 valence electrons. The number of fused-ring (bicyclic) bond motifs is 1. The second kappa shape index (κ2) is 9.29. The highest BCUT2D eigenvalue weighted by molar-refractivity contribution is 7.89. The normalized spacial score (nSPS) is 15.3. The topological polar surface area (TPSA) is 92.7 Å². The fourth-order valence-corrected chi connectivity index (χ4v) is 5.69. The van der Waals surface area contributed by atoms with Crippen molar-refractivity contribution in [3.05, 3.63) is 48.0 Å². The molecule has 2 heterocycles. The van der Waals surface area contributed by atoms with Crippen LogP contribution < -0.4 is 4.74 Å². The SMILES string of the molecule is Cc1ccc(OCCCC(=O)N2CCN(S(=O)(=O)c3cccc4nsnc34)CC2)cc1. The monoisotopic (exact) mass is 460 g/mol. The quantitative estimate of drug-likeness (QED) is 0.504. The number of aromatic nitrogens is 2. The van der Waals surface area contributed by atoms with Gasteiger partial charge in [-0.2, -0.15) is 13.1 Å². The maximum atomic E-state index is 13.1. The molecule has 31 heavy (non-hydrogen) atoms. The van der Waals surface area contributed by atoms with Gasteiger partial charge in [0.05, 0.1) is 18.3 Å². The maximum Gasteiger partial charge on any atom is 0.245 e. The lowest BCUT2D eigenvalue weighted by molar-refractivity contribution is -0.132. The molecule has 0 atom stereocenters. The van der Waals surface area contributed by atoms with Crippen molar-refractivity contribution in [1.82, 2.24) is 18.0 Å². The highest BCUT2D eigenvalue weighted by Crippen LogP contribution is 2.25. The first-order chi connectivity index (χ1) is 14.9. The fourth-order valence-electron chi connectivity index (χ4n) is 3.51. The summed E-state index contributed by atoms with van der Waals surface area (Å²) >= 11 is 0.997. The van der Waals surface area contributed by atoms with Crippen molar-refractivity contribution in [3.63, 3.8) is 0 Å². The molecular formula is C21H24N4O4S2. The summed E-state index contributed by atoms with van der Waals surface area (Å²) in [6, 6.07) is 12.8. The minimum Gasteiger partial charge on any atom is -0.494 e. The average Bonchev–Trinajstić information content (AvgIpc) is 3.27. The number of rotatable bonds is 7. The second-order valence-corrected chi connectivity index (χ2v) is 9.87. The molecule has 0 radical (unpaired) electrons. The Hall–Kier alpha value is -2.56. The predicted molar refractivity (Wildman–Crippen MR) is 119 cm³/mol. The molecule has 10 heteroatoms. The highest BCUT2D eigenvalue weighted by atomic mass is 32.2. The van der Waals surface area contributed by atoms with E-state index >= 15 is 0 Å². The van der Waals surface area contributed by atoms with E-state index < -0.39 is 10.0 Å². The van der Waals surface area contributed by atoms with Gasteiger partial charge >= 0.3 is 0 Å². The van der Waals surface area contributed by atoms with Crippen LogP contribution in [-0.4, -0.2) is 65.1 Å². The Labute approximate surface area is 185 Å². The molecule has 8 nitrogen and oxygen atoms in total. The molecule has 0 spiro atoms. The number of piperazine rings is 1. The molecule has 0 aliphatic carbocycles. The zero-order chi connectivity index (χ0) is 21.8. The number of sulfonamides is 1. The average molecular weight is 461 g/mol. The molecule has 0 unspecified atom stereocenters. The van der Waals surface area contributed by atoms with Crippen LogP contribution in [0.1, 0.15) is 18.4 Å². The first-order valence-corrected chi connectivity index (χ1v) is 12.3. The Balaban J connectivity index is 1.27. The lowest BCUT2D eigenvalue weighted by Crippen LogP contribution is -2.50. The van der Waals surface area contributed by atoms with Gasteiger partial charge in [0.25, 0.3) is 0 Å². The summed E-state index contributed by atoms with van der Waals surface area (Å²) in [6.07, 6.45) is 0.993. The van der Waals surface area contributed by atoms with Crippen molar-refractivity contribution in [1.29, 1.82) is 0 Å². The molecule has 2 aromatic carbocycles. The largest absolute Gasteiger partial charge is 0.494 e. The van der Waals surface area contributed by atoms with Crippen molar-refractivity contribution in [2.45, 2.75) is 24.7 Å². The van der Waals surface area contributed by atoms with Gasteiger partial charge in [0, 0.05) is 32.6 Å². The molecule has 1 saturated heterocycles. The third-order valence-electron chi connectivity index (χ3n) is 5.28. The van der Waals surface area contributed by atoms with Crippen LogP contribution in [0.5, 0.6) is 5.75 Å². The van der Waals surface area contributed by atoms with E-state index in [-0.39, 0.29) is 23.9 Å². The number of benzene rings is 2. The van der Waals surface area contributed by atoms with Crippen molar-refractivity contribution in [2.24, 2.45) is 0 Å². The number of carbonyl (C=O) groups excluding carboxylic acids is 1. The zero-order valence-electron chi connectivity index (χ0n) is 17.2. The molecule has 1 fully saturated rings. The number of aryl methyl sites for hydroxylation is 1. The smallest absolute Gasteiger partial charge is 0.245 e. The van der Waals surface area contributed by atoms with E-state index in [0.717, 1.165) is 17.5 Å². The van der Waals surface area contributed by atoms with Gasteiger partial charge in [-0.3, -0.25) is 4.79 Å². The van der Waals surface area contributed by atoms with Gasteiger partial charge in [-0.1, -0.05) is 23.8 Å². The summed E-state index contributed by atoms with van der Waals surface area (Å²) in [4.78, 5) is 14.4. The lowest BCUT2D eigenvalue weighted by atomic mass is 10.2. The highest BCUT2D eigenvalue weighted by Gasteiger charge is 2.31. The fraction of sp³-hybridized carbons (Fsp3) is 0.381. The van der Waals surface area contributed by atoms with Crippen LogP contribution in [0.2, 0.25) is 0 Å². The Morgan fingerprint density at radius 2 is 1.81 bits per heavy atom. The number of ether oxygens (including phenoxy) is 1. The van der Waals surface area contributed by atoms with Crippen LogP contribution >= 0.6 is 11.7 Å². The van der Waals surface area contributed by atoms with Gasteiger partial charge in [-0.15, -0.1) is 0 Å². The number of hydrogen-bond donors (Lipinski definition) is 0. The van der Waals surface area contributed by atoms with Crippen molar-refractivity contribution >= 4 is 38.7 Å². The van der Waals surface area contributed by atoms with Gasteiger partial charge in [0.2, 0.25) is 15.9 Å². The molecule has 0 saturated carbocycles. The predicted octanol–water partition coefficient (Wildman–Crippen LogP) is 2.69. The lowest BCUT2D eigenvalue weighted by Gasteiger charge is -2.34. The van der Waals surface area contributed by atoms with Gasteiger partial charge in [0.1, 0.15) is 21.7 Å². The summed E-state index contributed by atoms with van der Waals surface area (Å²) in [5, 5.41) is 0. The third kappa shape index (κ3) is 4.86. The van der Waals surface area contributed by atoms with Gasteiger partial charge in [-0.25, -0.2) is 8.42 Å². The van der Waals surface area contributed by atoms with Crippen molar-refractivity contribution < 1.29 is 17.9 Å². The number of carbonyl (C=O) groups is 1. The number of hydrogen-bond acceptors (Lipinski definition) is 7. The van der Waals surface area contributed by atoms with Gasteiger partial charge < -0.3 is 9.64 Å². The van der Waals surface area contributed by atoms with E-state index in [2.05, 4.69) is 8.75 Å². The van der Waals surface area contributed by atoms with Crippen molar-refractivity contribution in [2.75, 3.05) is 32.8 Å². The van der Waals surface area contributed by atoms with E-state index in [0.29, 0.717) is 43.6 Å². The number of nitrogens with zero attached hydrogens (tertiary/aromatic N) is 4. The van der Waals surface area contributed by atoms with E-state index in [4.69, 9.17) is 4.74 Å². The summed E-state index contributed by atoms with van der Waals surface area (Å²) in [5.74, 6) is 0.817. The Morgan fingerprint density at radius 1 is 1.06 bits per heavy atom. The standard InChI is InChI=1S/C21H24N4O4S2/c1-16-7-9-17(10-8-16)29-15-3-6-20(26)24-11-13-25(14-12-24)31(27,28)19-5-2-4-18-21(19)23-30-22-18/h2,4-5,7-10H,3,6,11-15H2,1H3. The van der Waals surface area contributed by atoms with Crippen molar-refractivity contribution in [3.8, 4) is 5.75 Å². The molecule has 1 aliphatic rings. The minimum atomic E-state index is -3.68. The van der Waals surface area contributed by atoms with Crippen LogP contribution in [-0.2, 0) is 14.8 Å². The Bertz CT molecular complexity index is 1150. The molecule has 1 aliphatic heterocycles.